The highest BCUT2D eigenvalue weighted by atomic mass is 16.5. The average Bonchev–Trinajstić information content (AvgIpc) is 3.03. The van der Waals surface area contributed by atoms with E-state index in [1.54, 1.807) is 13.2 Å². The summed E-state index contributed by atoms with van der Waals surface area (Å²) in [5.41, 5.74) is 7.00. The van der Waals surface area contributed by atoms with Gasteiger partial charge in [0.15, 0.2) is 0 Å². The molecule has 3 amide bonds. The predicted molar refractivity (Wildman–Crippen MR) is 119 cm³/mol. The summed E-state index contributed by atoms with van der Waals surface area (Å²) >= 11 is 0. The number of hydrogen-bond acceptors (Lipinski definition) is 4. The van der Waals surface area contributed by atoms with Crippen LogP contribution in [0.15, 0.2) is 36.0 Å². The Labute approximate surface area is 176 Å². The number of hydrogen-bond donors (Lipinski definition) is 2. The molecule has 30 heavy (non-hydrogen) atoms. The molecule has 6 heteroatoms. The van der Waals surface area contributed by atoms with Gasteiger partial charge < -0.3 is 15.0 Å². The van der Waals surface area contributed by atoms with Gasteiger partial charge in [-0.15, -0.1) is 0 Å². The van der Waals surface area contributed by atoms with E-state index in [0.717, 1.165) is 41.8 Å². The van der Waals surface area contributed by atoms with Gasteiger partial charge in [0.05, 0.1) is 7.11 Å². The van der Waals surface area contributed by atoms with Gasteiger partial charge in [0.2, 0.25) is 0 Å². The van der Waals surface area contributed by atoms with Crippen LogP contribution in [-0.4, -0.2) is 31.6 Å². The molecule has 1 saturated heterocycles. The number of nitrogens with one attached hydrogen (secondary N) is 2. The molecule has 0 saturated carbocycles. The quantitative estimate of drug-likeness (QED) is 0.596. The molecule has 0 atom stereocenters. The van der Waals surface area contributed by atoms with Crippen molar-refractivity contribution in [1.82, 2.24) is 10.6 Å². The summed E-state index contributed by atoms with van der Waals surface area (Å²) in [6.45, 7) is 7.67. The summed E-state index contributed by atoms with van der Waals surface area (Å²) in [5.74, 6) is 0.354. The van der Waals surface area contributed by atoms with Gasteiger partial charge in [0.25, 0.3) is 5.91 Å². The van der Waals surface area contributed by atoms with Crippen molar-refractivity contribution in [3.63, 3.8) is 0 Å². The molecule has 0 unspecified atom stereocenters. The summed E-state index contributed by atoms with van der Waals surface area (Å²) in [6, 6.07) is 10.3. The fourth-order valence-electron chi connectivity index (χ4n) is 4.27. The van der Waals surface area contributed by atoms with Crippen LogP contribution in [-0.2, 0) is 11.2 Å². The molecule has 0 radical (unpaired) electrons. The predicted octanol–water partition coefficient (Wildman–Crippen LogP) is 4.01. The van der Waals surface area contributed by atoms with Crippen LogP contribution >= 0.6 is 0 Å². The molecule has 2 N–H and O–H groups in total. The number of anilines is 1. The van der Waals surface area contributed by atoms with E-state index in [0.29, 0.717) is 6.04 Å². The molecule has 4 rings (SSSR count). The summed E-state index contributed by atoms with van der Waals surface area (Å²) in [6.07, 6.45) is 3.88. The summed E-state index contributed by atoms with van der Waals surface area (Å²) in [7, 11) is 1.66. The van der Waals surface area contributed by atoms with E-state index in [4.69, 9.17) is 4.74 Å². The first-order valence-electron chi connectivity index (χ1n) is 10.3. The molecule has 0 spiro atoms. The number of benzene rings is 2. The van der Waals surface area contributed by atoms with Crippen LogP contribution in [0.1, 0.15) is 37.0 Å². The number of carbonyl (C=O) groups excluding carboxylic acids is 2. The summed E-state index contributed by atoms with van der Waals surface area (Å²) < 4.78 is 5.64. The minimum Gasteiger partial charge on any atom is -0.496 e. The van der Waals surface area contributed by atoms with Gasteiger partial charge in [0.1, 0.15) is 11.4 Å². The zero-order valence-electron chi connectivity index (χ0n) is 17.8. The van der Waals surface area contributed by atoms with Gasteiger partial charge in [-0.05, 0) is 86.2 Å². The second-order valence-electron chi connectivity index (χ2n) is 8.11. The first kappa shape index (κ1) is 20.0. The molecule has 2 aliphatic rings. The van der Waals surface area contributed by atoms with Crippen LogP contribution < -0.4 is 20.3 Å². The van der Waals surface area contributed by atoms with Gasteiger partial charge >= 0.3 is 6.03 Å². The van der Waals surface area contributed by atoms with E-state index in [1.807, 2.05) is 18.2 Å². The van der Waals surface area contributed by atoms with Crippen molar-refractivity contribution in [1.29, 1.82) is 0 Å². The third-order valence-corrected chi connectivity index (χ3v) is 5.75. The highest BCUT2D eigenvalue weighted by Crippen LogP contribution is 2.39. The number of amides is 3. The Morgan fingerprint density at radius 1 is 1.10 bits per heavy atom. The lowest BCUT2D eigenvalue weighted by atomic mass is 9.91. The van der Waals surface area contributed by atoms with Crippen molar-refractivity contribution in [3.05, 3.63) is 52.7 Å². The van der Waals surface area contributed by atoms with Crippen molar-refractivity contribution < 1.29 is 14.3 Å². The maximum atomic E-state index is 11.9. The SMILES string of the molecule is COc1ccc(/C=C2/NC(=O)NC2=O)cc1-c1cc2c(cc1C)N(C(C)C)CCC2. The first-order valence-corrected chi connectivity index (χ1v) is 10.3. The topological polar surface area (TPSA) is 70.7 Å². The van der Waals surface area contributed by atoms with Gasteiger partial charge in [-0.2, -0.15) is 0 Å². The molecular weight excluding hydrogens is 378 g/mol. The van der Waals surface area contributed by atoms with Crippen molar-refractivity contribution in [3.8, 4) is 16.9 Å². The fourth-order valence-corrected chi connectivity index (χ4v) is 4.27. The van der Waals surface area contributed by atoms with E-state index >= 15 is 0 Å². The highest BCUT2D eigenvalue weighted by Gasteiger charge is 2.24. The molecule has 1 fully saturated rings. The number of ether oxygens (including phenoxy) is 1. The zero-order valence-corrected chi connectivity index (χ0v) is 17.8. The first-order chi connectivity index (χ1) is 14.4. The van der Waals surface area contributed by atoms with Crippen molar-refractivity contribution >= 4 is 23.7 Å². The van der Waals surface area contributed by atoms with Crippen LogP contribution in [0.5, 0.6) is 5.75 Å². The monoisotopic (exact) mass is 405 g/mol. The fraction of sp³-hybridized carbons (Fsp3) is 0.333. The number of carbonyl (C=O) groups is 2. The third kappa shape index (κ3) is 3.65. The Morgan fingerprint density at radius 3 is 2.57 bits per heavy atom. The Hall–Kier alpha value is -3.28. The molecule has 2 heterocycles. The van der Waals surface area contributed by atoms with Crippen molar-refractivity contribution in [2.75, 3.05) is 18.6 Å². The van der Waals surface area contributed by atoms with Crippen LogP contribution in [0.25, 0.3) is 17.2 Å². The normalized spacial score (nSPS) is 17.2. The molecule has 2 aromatic rings. The average molecular weight is 405 g/mol. The van der Waals surface area contributed by atoms with E-state index in [1.165, 1.54) is 16.8 Å². The lowest BCUT2D eigenvalue weighted by Crippen LogP contribution is -2.35. The Morgan fingerprint density at radius 2 is 1.90 bits per heavy atom. The largest absolute Gasteiger partial charge is 0.496 e. The standard InChI is InChI=1S/C24H27N3O3/c1-14(2)27-9-5-6-17-13-18(15(3)10-21(17)27)19-11-16(7-8-22(19)30-4)12-20-23(28)26-24(29)25-20/h7-8,10-14H,5-6,9H2,1-4H3,(H2,25,26,28,29)/b20-12+. The van der Waals surface area contributed by atoms with Gasteiger partial charge in [-0.1, -0.05) is 6.07 Å². The van der Waals surface area contributed by atoms with Crippen LogP contribution in [0.3, 0.4) is 0 Å². The molecule has 0 aliphatic carbocycles. The molecular formula is C24H27N3O3. The minimum absolute atomic E-state index is 0.242. The van der Waals surface area contributed by atoms with E-state index in [-0.39, 0.29) is 5.70 Å². The number of nitrogens with zero attached hydrogens (tertiary/aromatic N) is 1. The number of aryl methyl sites for hydroxylation is 2. The smallest absolute Gasteiger partial charge is 0.326 e. The number of rotatable bonds is 4. The van der Waals surface area contributed by atoms with Crippen molar-refractivity contribution in [2.45, 2.75) is 39.7 Å². The Balaban J connectivity index is 1.79. The number of fused-ring (bicyclic) bond motifs is 1. The van der Waals surface area contributed by atoms with E-state index in [2.05, 4.69) is 48.4 Å². The van der Waals surface area contributed by atoms with Crippen LogP contribution in [0.2, 0.25) is 0 Å². The lowest BCUT2D eigenvalue weighted by Gasteiger charge is -2.35. The molecule has 6 nitrogen and oxygen atoms in total. The van der Waals surface area contributed by atoms with E-state index < -0.39 is 11.9 Å². The zero-order chi connectivity index (χ0) is 21.4. The van der Waals surface area contributed by atoms with E-state index in [9.17, 15) is 9.59 Å². The molecule has 2 aromatic carbocycles. The Bertz CT molecular complexity index is 1060. The van der Waals surface area contributed by atoms with Crippen LogP contribution in [0.4, 0.5) is 10.5 Å². The van der Waals surface area contributed by atoms with Gasteiger partial charge in [0, 0.05) is 23.8 Å². The molecule has 0 aromatic heterocycles. The third-order valence-electron chi connectivity index (χ3n) is 5.75. The maximum absolute atomic E-state index is 11.9. The maximum Gasteiger partial charge on any atom is 0.326 e. The highest BCUT2D eigenvalue weighted by molar-refractivity contribution is 6.14. The summed E-state index contributed by atoms with van der Waals surface area (Å²) in [4.78, 5) is 25.7. The second kappa shape index (κ2) is 7.86. The number of urea groups is 1. The van der Waals surface area contributed by atoms with Gasteiger partial charge in [-0.3, -0.25) is 10.1 Å². The van der Waals surface area contributed by atoms with Crippen LogP contribution in [0, 0.1) is 6.92 Å². The Kier molecular flexibility index (Phi) is 5.24. The number of methoxy groups -OCH3 is 1. The van der Waals surface area contributed by atoms with Gasteiger partial charge in [-0.25, -0.2) is 4.79 Å². The van der Waals surface area contributed by atoms with Crippen molar-refractivity contribution in [2.24, 2.45) is 0 Å². The molecule has 0 bridgehead atoms. The summed E-state index contributed by atoms with van der Waals surface area (Å²) in [5, 5.41) is 4.76. The molecule has 156 valence electrons. The lowest BCUT2D eigenvalue weighted by molar-refractivity contribution is -0.115. The number of imide groups is 1. The molecule has 2 aliphatic heterocycles. The minimum atomic E-state index is -0.500. The second-order valence-corrected chi connectivity index (χ2v) is 8.11.